The van der Waals surface area contributed by atoms with Crippen LogP contribution in [0.1, 0.15) is 54.9 Å². The zero-order valence-corrected chi connectivity index (χ0v) is 18.7. The van der Waals surface area contributed by atoms with Gasteiger partial charge in [-0.2, -0.15) is 28.2 Å². The molecule has 0 spiro atoms. The molecule has 25 heavy (non-hydrogen) atoms. The zero-order chi connectivity index (χ0) is 19.3. The van der Waals surface area contributed by atoms with Crippen LogP contribution >= 0.6 is 0 Å². The molecule has 0 radical (unpaired) electrons. The molecular weight excluding hydrogens is 342 g/mol. The van der Waals surface area contributed by atoms with Gasteiger partial charge in [-0.05, 0) is 0 Å². The summed E-state index contributed by atoms with van der Waals surface area (Å²) < 4.78 is 0.621. The molecule has 3 nitrogen and oxygen atoms in total. The summed E-state index contributed by atoms with van der Waals surface area (Å²) in [4.78, 5) is 0. The molecule has 0 saturated heterocycles. The Kier molecular flexibility index (Phi) is 23.1. The SMILES string of the molecule is CCCC[N-]CCCC.C[N-]C.C[N-]C.[Ti+3][CH]1C=Cc2ccccc21. The van der Waals surface area contributed by atoms with Gasteiger partial charge in [0.25, 0.3) is 0 Å². The van der Waals surface area contributed by atoms with Gasteiger partial charge in [0.1, 0.15) is 0 Å². The third-order valence-corrected chi connectivity index (χ3v) is 3.93. The number of rotatable bonds is 6. The Morgan fingerprint density at radius 1 is 0.880 bits per heavy atom. The monoisotopic (exact) mass is 379 g/mol. The molecule has 4 heteroatoms. The molecule has 140 valence electrons. The van der Waals surface area contributed by atoms with Crippen molar-refractivity contribution in [2.24, 2.45) is 0 Å². The second-order valence-corrected chi connectivity index (χ2v) is 6.71. The Bertz CT molecular complexity index is 400. The van der Waals surface area contributed by atoms with E-state index in [9.17, 15) is 0 Å². The molecule has 1 atom stereocenters. The Morgan fingerprint density at radius 3 is 1.80 bits per heavy atom. The van der Waals surface area contributed by atoms with Crippen molar-refractivity contribution in [2.45, 2.75) is 43.8 Å². The Morgan fingerprint density at radius 2 is 1.36 bits per heavy atom. The molecule has 0 aliphatic heterocycles. The first kappa shape index (κ1) is 26.8. The van der Waals surface area contributed by atoms with E-state index in [2.05, 4.69) is 86.7 Å². The summed E-state index contributed by atoms with van der Waals surface area (Å²) >= 11 is 2.22. The van der Waals surface area contributed by atoms with E-state index >= 15 is 0 Å². The number of unbranched alkanes of at least 4 members (excludes halogenated alkanes) is 2. The number of nitrogens with zero attached hydrogens (tertiary/aromatic N) is 3. The van der Waals surface area contributed by atoms with Crippen LogP contribution in [0.2, 0.25) is 0 Å². The van der Waals surface area contributed by atoms with Gasteiger partial charge >= 0.3 is 72.2 Å². The minimum atomic E-state index is 0.621. The number of benzene rings is 1. The Labute approximate surface area is 168 Å². The van der Waals surface area contributed by atoms with Crippen LogP contribution in [0.4, 0.5) is 0 Å². The summed E-state index contributed by atoms with van der Waals surface area (Å²) in [7, 11) is 7.00. The van der Waals surface area contributed by atoms with Crippen LogP contribution in [0.25, 0.3) is 22.0 Å². The summed E-state index contributed by atoms with van der Waals surface area (Å²) in [6.45, 7) is 6.57. The summed E-state index contributed by atoms with van der Waals surface area (Å²) in [5, 5.41) is 11.4. The zero-order valence-electron chi connectivity index (χ0n) is 17.1. The predicted molar refractivity (Wildman–Crippen MR) is 112 cm³/mol. The number of fused-ring (bicyclic) bond motifs is 1. The van der Waals surface area contributed by atoms with Gasteiger partial charge in [-0.1, -0.05) is 39.5 Å². The van der Waals surface area contributed by atoms with E-state index in [0.717, 1.165) is 13.1 Å². The van der Waals surface area contributed by atoms with Gasteiger partial charge in [0.15, 0.2) is 0 Å². The summed E-state index contributed by atoms with van der Waals surface area (Å²) in [6, 6.07) is 8.54. The van der Waals surface area contributed by atoms with Crippen LogP contribution in [-0.2, 0) is 20.4 Å². The first-order chi connectivity index (χ1) is 12.1. The number of hydrogen-bond donors (Lipinski definition) is 0. The number of hydrogen-bond acceptors (Lipinski definition) is 0. The van der Waals surface area contributed by atoms with Crippen molar-refractivity contribution in [3.05, 3.63) is 57.4 Å². The van der Waals surface area contributed by atoms with Crippen molar-refractivity contribution in [3.8, 4) is 0 Å². The third-order valence-electron chi connectivity index (χ3n) is 3.14. The van der Waals surface area contributed by atoms with Gasteiger partial charge in [-0.3, -0.25) is 0 Å². The van der Waals surface area contributed by atoms with Crippen molar-refractivity contribution in [1.29, 1.82) is 0 Å². The fourth-order valence-corrected chi connectivity index (χ4v) is 2.46. The normalized spacial score (nSPS) is 13.5. The van der Waals surface area contributed by atoms with Crippen LogP contribution in [0.15, 0.2) is 30.3 Å². The van der Waals surface area contributed by atoms with E-state index in [0.29, 0.717) is 4.22 Å². The van der Waals surface area contributed by atoms with Crippen LogP contribution < -0.4 is 0 Å². The van der Waals surface area contributed by atoms with Crippen molar-refractivity contribution < 1.29 is 20.4 Å². The second kappa shape index (κ2) is 21.6. The molecule has 0 aromatic heterocycles. The summed E-state index contributed by atoms with van der Waals surface area (Å²) in [5.41, 5.74) is 2.84. The van der Waals surface area contributed by atoms with Crippen molar-refractivity contribution >= 4 is 6.08 Å². The maximum atomic E-state index is 4.35. The van der Waals surface area contributed by atoms with Crippen molar-refractivity contribution in [3.63, 3.8) is 0 Å². The van der Waals surface area contributed by atoms with E-state index in [4.69, 9.17) is 0 Å². The first-order valence-electron chi connectivity index (χ1n) is 9.20. The van der Waals surface area contributed by atoms with Gasteiger partial charge in [-0.25, -0.2) is 0 Å². The third kappa shape index (κ3) is 16.8. The fourth-order valence-electron chi connectivity index (χ4n) is 1.90. The topological polar surface area (TPSA) is 42.3 Å². The second-order valence-electron chi connectivity index (χ2n) is 5.74. The summed E-state index contributed by atoms with van der Waals surface area (Å²) in [6.07, 6.45) is 9.52. The molecule has 1 aliphatic rings. The molecule has 0 saturated carbocycles. The molecule has 0 bridgehead atoms. The standard InChI is InChI=1S/C9H7.C8H18N.2C2H6N.Ti/c1-2-5-9-7-3-6-8(9)4-1;1-3-5-7-9-8-6-4-2;2*1-3-2;/h1-7H;3-8H2,1-2H3;2*1-2H3;/q;3*-1;+3. The molecule has 0 amide bonds. The molecule has 0 fully saturated rings. The molecule has 0 heterocycles. The number of allylic oxidation sites excluding steroid dienone is 1. The Balaban J connectivity index is 0. The van der Waals surface area contributed by atoms with Crippen molar-refractivity contribution in [1.82, 2.24) is 0 Å². The minimum absolute atomic E-state index is 0.621. The van der Waals surface area contributed by atoms with Gasteiger partial charge in [0.2, 0.25) is 0 Å². The van der Waals surface area contributed by atoms with Gasteiger partial charge in [0.05, 0.1) is 0 Å². The molecule has 1 aromatic carbocycles. The molecule has 1 aliphatic carbocycles. The van der Waals surface area contributed by atoms with E-state index in [1.54, 1.807) is 28.2 Å². The predicted octanol–water partition coefficient (Wildman–Crippen LogP) is 6.50. The van der Waals surface area contributed by atoms with E-state index in [1.165, 1.54) is 36.8 Å². The van der Waals surface area contributed by atoms with Gasteiger partial charge in [0, 0.05) is 0 Å². The van der Waals surface area contributed by atoms with Crippen LogP contribution in [0.5, 0.6) is 0 Å². The first-order valence-corrected chi connectivity index (χ1v) is 10.1. The van der Waals surface area contributed by atoms with E-state index in [1.807, 2.05) is 0 Å². The molecule has 1 unspecified atom stereocenters. The molecular formula is C21H37N3Ti. The van der Waals surface area contributed by atoms with Crippen molar-refractivity contribution in [2.75, 3.05) is 41.3 Å². The molecule has 1 aromatic rings. The van der Waals surface area contributed by atoms with Gasteiger partial charge in [-0.15, -0.1) is 13.1 Å². The Hall–Kier alpha value is -0.446. The van der Waals surface area contributed by atoms with Crippen LogP contribution in [0, 0.1) is 0 Å². The molecule has 2 rings (SSSR count). The average molecular weight is 379 g/mol. The quantitative estimate of drug-likeness (QED) is 0.400. The van der Waals surface area contributed by atoms with Crippen LogP contribution in [0.3, 0.4) is 0 Å². The molecule has 0 N–H and O–H groups in total. The maximum absolute atomic E-state index is 4.35. The average Bonchev–Trinajstić information content (AvgIpc) is 2.99. The summed E-state index contributed by atoms with van der Waals surface area (Å²) in [5.74, 6) is 0. The van der Waals surface area contributed by atoms with Gasteiger partial charge < -0.3 is 16.0 Å². The van der Waals surface area contributed by atoms with Crippen LogP contribution in [-0.4, -0.2) is 41.3 Å². The van der Waals surface area contributed by atoms with E-state index in [-0.39, 0.29) is 0 Å². The van der Waals surface area contributed by atoms with E-state index < -0.39 is 0 Å². The fraction of sp³-hybridized carbons (Fsp3) is 0.619.